The van der Waals surface area contributed by atoms with Crippen LogP contribution in [0.5, 0.6) is 0 Å². The lowest BCUT2D eigenvalue weighted by Crippen LogP contribution is -2.24. The largest absolute Gasteiger partial charge is 0.464 e. The molecule has 114 valence electrons. The molecule has 8 heteroatoms. The van der Waals surface area contributed by atoms with E-state index in [1.165, 1.54) is 25.5 Å². The van der Waals surface area contributed by atoms with Gasteiger partial charge in [0.15, 0.2) is 5.11 Å². The Labute approximate surface area is 131 Å². The number of nitrogens with one attached hydrogen (secondary N) is 1. The Kier molecular flexibility index (Phi) is 4.84. The predicted molar refractivity (Wildman–Crippen MR) is 84.6 cm³/mol. The molecule has 2 rings (SSSR count). The number of hydrogen-bond donors (Lipinski definition) is 2. The van der Waals surface area contributed by atoms with Crippen LogP contribution >= 0.6 is 12.2 Å². The number of esters is 1. The Hall–Kier alpha value is -2.74. The second-order valence-electron chi connectivity index (χ2n) is 4.18. The van der Waals surface area contributed by atoms with E-state index in [0.29, 0.717) is 11.4 Å². The summed E-state index contributed by atoms with van der Waals surface area (Å²) in [5.41, 5.74) is 9.14. The summed E-state index contributed by atoms with van der Waals surface area (Å²) in [7, 11) is 1.28. The van der Waals surface area contributed by atoms with Crippen LogP contribution in [0.1, 0.15) is 16.2 Å². The molecule has 0 atom stereocenters. The zero-order valence-corrected chi connectivity index (χ0v) is 12.4. The van der Waals surface area contributed by atoms with Gasteiger partial charge < -0.3 is 15.0 Å². The highest BCUT2D eigenvalue weighted by molar-refractivity contribution is 7.80. The second kappa shape index (κ2) is 6.81. The monoisotopic (exact) mass is 320 g/mol. The fourth-order valence-corrected chi connectivity index (χ4v) is 1.91. The van der Waals surface area contributed by atoms with E-state index in [9.17, 15) is 9.18 Å². The van der Waals surface area contributed by atoms with Crippen LogP contribution in [0.4, 0.5) is 4.39 Å². The lowest BCUT2D eigenvalue weighted by atomic mass is 10.3. The zero-order chi connectivity index (χ0) is 16.1. The van der Waals surface area contributed by atoms with Crippen LogP contribution in [0, 0.1) is 5.82 Å². The average Bonchev–Trinajstić information content (AvgIpc) is 2.91. The number of methoxy groups -OCH3 is 1. The minimum atomic E-state index is -0.522. The van der Waals surface area contributed by atoms with Gasteiger partial charge in [-0.15, -0.1) is 0 Å². The molecule has 6 nitrogen and oxygen atoms in total. The fourth-order valence-electron chi connectivity index (χ4n) is 1.86. The summed E-state index contributed by atoms with van der Waals surface area (Å²) < 4.78 is 19.4. The first-order valence-electron chi connectivity index (χ1n) is 6.17. The smallest absolute Gasteiger partial charge is 0.355 e. The topological polar surface area (TPSA) is 81.6 Å². The van der Waals surface area contributed by atoms with E-state index in [1.807, 2.05) is 0 Å². The van der Waals surface area contributed by atoms with Gasteiger partial charge in [0.1, 0.15) is 11.5 Å². The van der Waals surface area contributed by atoms with E-state index >= 15 is 0 Å². The van der Waals surface area contributed by atoms with E-state index in [0.717, 1.165) is 0 Å². The highest BCUT2D eigenvalue weighted by atomic mass is 32.1. The molecule has 0 bridgehead atoms. The second-order valence-corrected chi connectivity index (χ2v) is 4.62. The summed E-state index contributed by atoms with van der Waals surface area (Å²) in [4.78, 5) is 11.9. The van der Waals surface area contributed by atoms with Crippen molar-refractivity contribution in [2.75, 3.05) is 7.11 Å². The number of rotatable bonds is 4. The maximum Gasteiger partial charge on any atom is 0.355 e. The summed E-state index contributed by atoms with van der Waals surface area (Å²) in [6, 6.07) is 8.92. The van der Waals surface area contributed by atoms with Crippen molar-refractivity contribution < 1.29 is 13.9 Å². The lowest BCUT2D eigenvalue weighted by molar-refractivity contribution is 0.0591. The Morgan fingerprint density at radius 3 is 2.64 bits per heavy atom. The molecule has 0 amide bonds. The first-order valence-corrected chi connectivity index (χ1v) is 6.58. The highest BCUT2D eigenvalue weighted by Gasteiger charge is 2.16. The van der Waals surface area contributed by atoms with Crippen molar-refractivity contribution in [3.05, 3.63) is 53.6 Å². The number of thiocarbonyl (C=S) groups is 1. The zero-order valence-electron chi connectivity index (χ0n) is 11.6. The molecule has 1 aromatic heterocycles. The van der Waals surface area contributed by atoms with E-state index in [1.54, 1.807) is 28.8 Å². The SMILES string of the molecule is COC(=O)c1ccc(C=NNC(N)=S)n1-c1ccc(F)cc1. The van der Waals surface area contributed by atoms with Crippen LogP contribution in [0.25, 0.3) is 5.69 Å². The molecule has 0 spiro atoms. The van der Waals surface area contributed by atoms with Gasteiger partial charge >= 0.3 is 5.97 Å². The number of carbonyl (C=O) groups excluding carboxylic acids is 1. The molecule has 0 aliphatic rings. The average molecular weight is 320 g/mol. The van der Waals surface area contributed by atoms with Crippen LogP contribution in [0.15, 0.2) is 41.5 Å². The predicted octanol–water partition coefficient (Wildman–Crippen LogP) is 1.57. The van der Waals surface area contributed by atoms with Gasteiger partial charge in [0, 0.05) is 5.69 Å². The molecule has 3 N–H and O–H groups in total. The van der Waals surface area contributed by atoms with Crippen LogP contribution in [0.2, 0.25) is 0 Å². The highest BCUT2D eigenvalue weighted by Crippen LogP contribution is 2.17. The number of benzene rings is 1. The molecule has 22 heavy (non-hydrogen) atoms. The standard InChI is InChI=1S/C14H13FN4O2S/c1-21-13(20)12-7-6-11(8-17-18-14(16)22)19(12)10-4-2-9(15)3-5-10/h2-8H,1H3,(H3,16,18,22). The normalized spacial score (nSPS) is 10.6. The van der Waals surface area contributed by atoms with Gasteiger partial charge in [-0.25, -0.2) is 9.18 Å². The summed E-state index contributed by atoms with van der Waals surface area (Å²) in [6.07, 6.45) is 1.44. The molecule has 1 aromatic carbocycles. The van der Waals surface area contributed by atoms with Gasteiger partial charge in [0.05, 0.1) is 19.0 Å². The van der Waals surface area contributed by atoms with Gasteiger partial charge in [0.25, 0.3) is 0 Å². The lowest BCUT2D eigenvalue weighted by Gasteiger charge is -2.10. The van der Waals surface area contributed by atoms with Gasteiger partial charge in [-0.05, 0) is 48.6 Å². The molecule has 1 heterocycles. The van der Waals surface area contributed by atoms with Crippen molar-refractivity contribution in [2.45, 2.75) is 0 Å². The van der Waals surface area contributed by atoms with Crippen molar-refractivity contribution in [3.8, 4) is 5.69 Å². The molecule has 0 aliphatic carbocycles. The van der Waals surface area contributed by atoms with Crippen molar-refractivity contribution in [1.29, 1.82) is 0 Å². The molecular weight excluding hydrogens is 307 g/mol. The number of halogens is 1. The number of nitrogens with two attached hydrogens (primary N) is 1. The minimum absolute atomic E-state index is 0.0179. The van der Waals surface area contributed by atoms with E-state index in [-0.39, 0.29) is 16.6 Å². The Balaban J connectivity index is 2.48. The Bertz CT molecular complexity index is 725. The summed E-state index contributed by atoms with van der Waals surface area (Å²) in [5, 5.41) is 3.87. The summed E-state index contributed by atoms with van der Waals surface area (Å²) in [6.45, 7) is 0. The van der Waals surface area contributed by atoms with E-state index < -0.39 is 5.97 Å². The minimum Gasteiger partial charge on any atom is -0.464 e. The van der Waals surface area contributed by atoms with Gasteiger partial charge in [0.2, 0.25) is 0 Å². The molecule has 0 aliphatic heterocycles. The summed E-state index contributed by atoms with van der Waals surface area (Å²) in [5.74, 6) is -0.896. The van der Waals surface area contributed by atoms with Crippen LogP contribution in [-0.4, -0.2) is 29.0 Å². The Morgan fingerprint density at radius 1 is 1.36 bits per heavy atom. The third kappa shape index (κ3) is 3.47. The number of ether oxygens (including phenoxy) is 1. The van der Waals surface area contributed by atoms with E-state index in [4.69, 9.17) is 10.5 Å². The van der Waals surface area contributed by atoms with Crippen molar-refractivity contribution in [3.63, 3.8) is 0 Å². The molecule has 2 aromatic rings. The molecule has 0 unspecified atom stereocenters. The Morgan fingerprint density at radius 2 is 2.05 bits per heavy atom. The van der Waals surface area contributed by atoms with E-state index in [2.05, 4.69) is 22.7 Å². The first kappa shape index (κ1) is 15.6. The molecule has 0 saturated heterocycles. The molecule has 0 radical (unpaired) electrons. The number of nitrogens with zero attached hydrogens (tertiary/aromatic N) is 2. The third-order valence-corrected chi connectivity index (χ3v) is 2.85. The van der Waals surface area contributed by atoms with Crippen molar-refractivity contribution >= 4 is 29.5 Å². The quantitative estimate of drug-likeness (QED) is 0.387. The molecule has 0 fully saturated rings. The van der Waals surface area contributed by atoms with Crippen LogP contribution < -0.4 is 11.2 Å². The van der Waals surface area contributed by atoms with Crippen LogP contribution in [-0.2, 0) is 4.74 Å². The molecular formula is C14H13FN4O2S. The third-order valence-electron chi connectivity index (χ3n) is 2.76. The van der Waals surface area contributed by atoms with Gasteiger partial charge in [-0.3, -0.25) is 5.43 Å². The van der Waals surface area contributed by atoms with Crippen molar-refractivity contribution in [2.24, 2.45) is 10.8 Å². The number of hydrogen-bond acceptors (Lipinski definition) is 4. The van der Waals surface area contributed by atoms with Gasteiger partial charge in [-0.2, -0.15) is 5.10 Å². The maximum atomic E-state index is 13.1. The van der Waals surface area contributed by atoms with Gasteiger partial charge in [-0.1, -0.05) is 0 Å². The maximum absolute atomic E-state index is 13.1. The fraction of sp³-hybridized carbons (Fsp3) is 0.0714. The first-order chi connectivity index (χ1) is 10.5. The number of carbonyl (C=O) groups is 1. The molecule has 0 saturated carbocycles. The van der Waals surface area contributed by atoms with Crippen molar-refractivity contribution in [1.82, 2.24) is 9.99 Å². The number of aromatic nitrogens is 1. The number of hydrazone groups is 1. The summed E-state index contributed by atoms with van der Waals surface area (Å²) >= 11 is 4.65. The van der Waals surface area contributed by atoms with Crippen LogP contribution in [0.3, 0.4) is 0 Å².